The van der Waals surface area contributed by atoms with Gasteiger partial charge >= 0.3 is 0 Å². The van der Waals surface area contributed by atoms with Crippen molar-refractivity contribution in [1.29, 1.82) is 0 Å². The van der Waals surface area contributed by atoms with E-state index in [9.17, 15) is 0 Å². The molecule has 114 valence electrons. The lowest BCUT2D eigenvalue weighted by molar-refractivity contribution is 0.280. The standard InChI is InChI=1S/C17H23NO3/c1-17(2,3)18-11-16-13(9-10-20-16)12-21-15-8-6-5-7-14(15)19-4/h5-10,18H,11-12H2,1-4H3. The van der Waals surface area contributed by atoms with Crippen LogP contribution in [0.5, 0.6) is 11.5 Å². The Bertz CT molecular complexity index is 569. The van der Waals surface area contributed by atoms with E-state index < -0.39 is 0 Å². The maximum Gasteiger partial charge on any atom is 0.161 e. The van der Waals surface area contributed by atoms with Crippen molar-refractivity contribution in [3.8, 4) is 11.5 Å². The summed E-state index contributed by atoms with van der Waals surface area (Å²) >= 11 is 0. The molecule has 0 aliphatic heterocycles. The molecule has 0 fully saturated rings. The molecule has 2 rings (SSSR count). The van der Waals surface area contributed by atoms with E-state index in [0.717, 1.165) is 22.8 Å². The molecular formula is C17H23NO3. The van der Waals surface area contributed by atoms with Crippen LogP contribution in [0.25, 0.3) is 0 Å². The van der Waals surface area contributed by atoms with Gasteiger partial charge in [-0.2, -0.15) is 0 Å². The summed E-state index contributed by atoms with van der Waals surface area (Å²) in [6.45, 7) is 7.52. The van der Waals surface area contributed by atoms with Crippen LogP contribution in [-0.2, 0) is 13.2 Å². The van der Waals surface area contributed by atoms with Crippen molar-refractivity contribution >= 4 is 0 Å². The largest absolute Gasteiger partial charge is 0.493 e. The van der Waals surface area contributed by atoms with Gasteiger partial charge in [0.2, 0.25) is 0 Å². The van der Waals surface area contributed by atoms with Gasteiger partial charge in [-0.15, -0.1) is 0 Å². The highest BCUT2D eigenvalue weighted by Gasteiger charge is 2.13. The van der Waals surface area contributed by atoms with E-state index in [-0.39, 0.29) is 5.54 Å². The number of ether oxygens (including phenoxy) is 2. The van der Waals surface area contributed by atoms with E-state index in [1.54, 1.807) is 13.4 Å². The van der Waals surface area contributed by atoms with Crippen LogP contribution in [0.2, 0.25) is 0 Å². The highest BCUT2D eigenvalue weighted by molar-refractivity contribution is 5.39. The molecule has 2 aromatic rings. The fraction of sp³-hybridized carbons (Fsp3) is 0.412. The van der Waals surface area contributed by atoms with Crippen LogP contribution >= 0.6 is 0 Å². The molecule has 0 aliphatic rings. The number of nitrogens with one attached hydrogen (secondary N) is 1. The molecule has 0 spiro atoms. The fourth-order valence-corrected chi connectivity index (χ4v) is 1.89. The molecule has 0 saturated carbocycles. The quantitative estimate of drug-likeness (QED) is 0.879. The average Bonchev–Trinajstić information content (AvgIpc) is 2.90. The third-order valence-electron chi connectivity index (χ3n) is 3.07. The predicted octanol–water partition coefficient (Wildman–Crippen LogP) is 3.76. The first-order valence-corrected chi connectivity index (χ1v) is 7.06. The zero-order chi connectivity index (χ0) is 15.3. The number of benzene rings is 1. The second-order valence-electron chi connectivity index (χ2n) is 5.91. The van der Waals surface area contributed by atoms with Crippen LogP contribution in [0.1, 0.15) is 32.1 Å². The van der Waals surface area contributed by atoms with E-state index >= 15 is 0 Å². The van der Waals surface area contributed by atoms with Gasteiger partial charge in [0.15, 0.2) is 11.5 Å². The van der Waals surface area contributed by atoms with Gasteiger partial charge in [0.1, 0.15) is 12.4 Å². The molecule has 0 bridgehead atoms. The minimum absolute atomic E-state index is 0.0492. The smallest absolute Gasteiger partial charge is 0.161 e. The molecular weight excluding hydrogens is 266 g/mol. The Morgan fingerprint density at radius 3 is 2.48 bits per heavy atom. The van der Waals surface area contributed by atoms with Crippen molar-refractivity contribution in [3.63, 3.8) is 0 Å². The van der Waals surface area contributed by atoms with Gasteiger partial charge in [-0.1, -0.05) is 12.1 Å². The maximum absolute atomic E-state index is 5.83. The first kappa shape index (κ1) is 15.4. The van der Waals surface area contributed by atoms with Crippen molar-refractivity contribution < 1.29 is 13.9 Å². The van der Waals surface area contributed by atoms with Gasteiger partial charge in [0, 0.05) is 11.1 Å². The molecule has 1 aromatic heterocycles. The van der Waals surface area contributed by atoms with Gasteiger partial charge in [-0.05, 0) is 39.0 Å². The monoisotopic (exact) mass is 289 g/mol. The molecule has 0 radical (unpaired) electrons. The molecule has 4 heteroatoms. The summed E-state index contributed by atoms with van der Waals surface area (Å²) in [7, 11) is 1.64. The van der Waals surface area contributed by atoms with E-state index in [1.165, 1.54) is 0 Å². The third kappa shape index (κ3) is 4.53. The minimum atomic E-state index is 0.0492. The summed E-state index contributed by atoms with van der Waals surface area (Å²) in [5.74, 6) is 2.37. The molecule has 4 nitrogen and oxygen atoms in total. The lowest BCUT2D eigenvalue weighted by Gasteiger charge is -2.20. The van der Waals surface area contributed by atoms with E-state index in [1.807, 2.05) is 30.3 Å². The fourth-order valence-electron chi connectivity index (χ4n) is 1.89. The maximum atomic E-state index is 5.83. The molecule has 1 heterocycles. The van der Waals surface area contributed by atoms with Gasteiger partial charge < -0.3 is 19.2 Å². The number of furan rings is 1. The van der Waals surface area contributed by atoms with Crippen LogP contribution in [-0.4, -0.2) is 12.6 Å². The molecule has 21 heavy (non-hydrogen) atoms. The van der Waals surface area contributed by atoms with Gasteiger partial charge in [0.05, 0.1) is 19.9 Å². The van der Waals surface area contributed by atoms with Crippen LogP contribution in [0.3, 0.4) is 0 Å². The molecule has 0 atom stereocenters. The highest BCUT2D eigenvalue weighted by atomic mass is 16.5. The zero-order valence-corrected chi connectivity index (χ0v) is 13.1. The Morgan fingerprint density at radius 2 is 1.81 bits per heavy atom. The van der Waals surface area contributed by atoms with E-state index in [4.69, 9.17) is 13.9 Å². The Labute approximate surface area is 126 Å². The van der Waals surface area contributed by atoms with Crippen molar-refractivity contribution in [2.45, 2.75) is 39.5 Å². The van der Waals surface area contributed by atoms with Crippen molar-refractivity contribution in [3.05, 3.63) is 47.9 Å². The zero-order valence-electron chi connectivity index (χ0n) is 13.1. The molecule has 0 saturated heterocycles. The third-order valence-corrected chi connectivity index (χ3v) is 3.07. The Kier molecular flexibility index (Phi) is 4.91. The topological polar surface area (TPSA) is 43.6 Å². The molecule has 0 unspecified atom stereocenters. The summed E-state index contributed by atoms with van der Waals surface area (Å²) in [5, 5.41) is 3.41. The van der Waals surface area contributed by atoms with Crippen LogP contribution in [0.4, 0.5) is 0 Å². The van der Waals surface area contributed by atoms with Gasteiger partial charge in [-0.3, -0.25) is 0 Å². The Balaban J connectivity index is 1.99. The number of hydrogen-bond donors (Lipinski definition) is 1. The second kappa shape index (κ2) is 6.68. The number of hydrogen-bond acceptors (Lipinski definition) is 4. The minimum Gasteiger partial charge on any atom is -0.493 e. The Morgan fingerprint density at radius 1 is 1.10 bits per heavy atom. The Hall–Kier alpha value is -1.94. The second-order valence-corrected chi connectivity index (χ2v) is 5.91. The normalized spacial score (nSPS) is 11.4. The first-order chi connectivity index (χ1) is 9.99. The summed E-state index contributed by atoms with van der Waals surface area (Å²) in [6.07, 6.45) is 1.70. The summed E-state index contributed by atoms with van der Waals surface area (Å²) < 4.78 is 16.6. The lowest BCUT2D eigenvalue weighted by Crippen LogP contribution is -2.35. The van der Waals surface area contributed by atoms with Crippen molar-refractivity contribution in [2.24, 2.45) is 0 Å². The summed E-state index contributed by atoms with van der Waals surface area (Å²) in [4.78, 5) is 0. The van der Waals surface area contributed by atoms with Crippen LogP contribution < -0.4 is 14.8 Å². The van der Waals surface area contributed by atoms with Gasteiger partial charge in [-0.25, -0.2) is 0 Å². The SMILES string of the molecule is COc1ccccc1OCc1ccoc1CNC(C)(C)C. The average molecular weight is 289 g/mol. The molecule has 0 amide bonds. The number of methoxy groups -OCH3 is 1. The summed E-state index contributed by atoms with van der Waals surface area (Å²) in [5.41, 5.74) is 1.09. The van der Waals surface area contributed by atoms with Crippen LogP contribution in [0.15, 0.2) is 41.0 Å². The number of rotatable bonds is 6. The van der Waals surface area contributed by atoms with Crippen molar-refractivity contribution in [1.82, 2.24) is 5.32 Å². The first-order valence-electron chi connectivity index (χ1n) is 7.06. The number of para-hydroxylation sites is 2. The molecule has 0 aliphatic carbocycles. The van der Waals surface area contributed by atoms with E-state index in [2.05, 4.69) is 26.1 Å². The molecule has 1 aromatic carbocycles. The van der Waals surface area contributed by atoms with Crippen molar-refractivity contribution in [2.75, 3.05) is 7.11 Å². The van der Waals surface area contributed by atoms with Gasteiger partial charge in [0.25, 0.3) is 0 Å². The summed E-state index contributed by atoms with van der Waals surface area (Å²) in [6, 6.07) is 9.56. The van der Waals surface area contributed by atoms with E-state index in [0.29, 0.717) is 13.2 Å². The predicted molar refractivity (Wildman–Crippen MR) is 82.6 cm³/mol. The van der Waals surface area contributed by atoms with Crippen LogP contribution in [0, 0.1) is 0 Å². The lowest BCUT2D eigenvalue weighted by atomic mass is 10.1. The highest BCUT2D eigenvalue weighted by Crippen LogP contribution is 2.27. The molecule has 1 N–H and O–H groups in total.